The molecule has 0 saturated carbocycles. The van der Waals surface area contributed by atoms with Crippen molar-refractivity contribution in [1.82, 2.24) is 5.43 Å². The average Bonchev–Trinajstić information content (AvgIpc) is 2.56. The van der Waals surface area contributed by atoms with Gasteiger partial charge in [-0.25, -0.2) is 10.4 Å². The third-order valence-electron chi connectivity index (χ3n) is 3.13. The van der Waals surface area contributed by atoms with Crippen molar-refractivity contribution in [2.45, 2.75) is 32.2 Å². The van der Waals surface area contributed by atoms with Crippen LogP contribution in [0.1, 0.15) is 26.7 Å². The number of nitrogens with one attached hydrogen (secondary N) is 1. The van der Waals surface area contributed by atoms with Crippen LogP contribution in [0.25, 0.3) is 0 Å². The second kappa shape index (κ2) is 3.79. The van der Waals surface area contributed by atoms with Gasteiger partial charge in [0.15, 0.2) is 0 Å². The number of nitrogens with zero attached hydrogens (tertiary/aromatic N) is 1. The van der Waals surface area contributed by atoms with Gasteiger partial charge in [0.2, 0.25) is 5.91 Å². The van der Waals surface area contributed by atoms with Gasteiger partial charge in [0.05, 0.1) is 11.4 Å². The summed E-state index contributed by atoms with van der Waals surface area (Å²) >= 11 is 0. The molecule has 1 unspecified atom stereocenters. The normalized spacial score (nSPS) is 25.1. The Balaban J connectivity index is 2.31. The predicted octanol–water partition coefficient (Wildman–Crippen LogP) is 1.68. The molecule has 16 heavy (non-hydrogen) atoms. The zero-order valence-corrected chi connectivity index (χ0v) is 9.66. The molecule has 1 heterocycles. The van der Waals surface area contributed by atoms with Crippen molar-refractivity contribution in [3.63, 3.8) is 0 Å². The molecule has 1 aliphatic heterocycles. The van der Waals surface area contributed by atoms with Crippen molar-refractivity contribution >= 4 is 17.3 Å². The largest absolute Gasteiger partial charge is 0.397 e. The van der Waals surface area contributed by atoms with E-state index in [0.717, 1.165) is 12.1 Å². The van der Waals surface area contributed by atoms with Crippen molar-refractivity contribution < 1.29 is 4.79 Å². The van der Waals surface area contributed by atoms with Crippen molar-refractivity contribution in [2.24, 2.45) is 0 Å². The number of amides is 1. The summed E-state index contributed by atoms with van der Waals surface area (Å²) in [4.78, 5) is 11.9. The number of rotatable bonds is 2. The summed E-state index contributed by atoms with van der Waals surface area (Å²) in [6, 6.07) is 7.38. The van der Waals surface area contributed by atoms with E-state index in [1.807, 2.05) is 25.1 Å². The van der Waals surface area contributed by atoms with E-state index < -0.39 is 0 Å². The standard InChI is InChI=1S/C12H17N3O/c1-3-12(2)8-11(16)15(14-12)10-7-5-4-6-9(10)13/h4-7,14H,3,8,13H2,1-2H3. The molecule has 4 nitrogen and oxygen atoms in total. The molecule has 1 atom stereocenters. The Bertz CT molecular complexity index is 418. The topological polar surface area (TPSA) is 58.4 Å². The van der Waals surface area contributed by atoms with Crippen LogP contribution >= 0.6 is 0 Å². The molecular formula is C12H17N3O. The van der Waals surface area contributed by atoms with E-state index in [9.17, 15) is 4.79 Å². The van der Waals surface area contributed by atoms with Crippen molar-refractivity contribution in [2.75, 3.05) is 10.7 Å². The van der Waals surface area contributed by atoms with Crippen molar-refractivity contribution in [3.05, 3.63) is 24.3 Å². The maximum absolute atomic E-state index is 11.9. The maximum Gasteiger partial charge on any atom is 0.243 e. The van der Waals surface area contributed by atoms with Crippen LogP contribution < -0.4 is 16.2 Å². The van der Waals surface area contributed by atoms with E-state index in [1.54, 1.807) is 11.1 Å². The number of hydrogen-bond donors (Lipinski definition) is 2. The molecule has 4 heteroatoms. The van der Waals surface area contributed by atoms with Crippen LogP contribution in [0.4, 0.5) is 11.4 Å². The first kappa shape index (κ1) is 11.0. The summed E-state index contributed by atoms with van der Waals surface area (Å²) in [5, 5.41) is 1.57. The summed E-state index contributed by atoms with van der Waals surface area (Å²) < 4.78 is 0. The van der Waals surface area contributed by atoms with Gasteiger partial charge in [0.1, 0.15) is 0 Å². The summed E-state index contributed by atoms with van der Waals surface area (Å²) in [5.41, 5.74) is 10.3. The molecule has 1 fully saturated rings. The Morgan fingerprint density at radius 2 is 2.19 bits per heavy atom. The molecule has 1 saturated heterocycles. The van der Waals surface area contributed by atoms with E-state index in [0.29, 0.717) is 12.1 Å². The molecule has 0 bridgehead atoms. The Labute approximate surface area is 95.4 Å². The molecule has 1 aromatic rings. The highest BCUT2D eigenvalue weighted by atomic mass is 16.2. The van der Waals surface area contributed by atoms with Gasteiger partial charge in [-0.1, -0.05) is 19.1 Å². The smallest absolute Gasteiger partial charge is 0.243 e. The molecule has 0 radical (unpaired) electrons. The average molecular weight is 219 g/mol. The third kappa shape index (κ3) is 1.76. The number of nitrogen functional groups attached to an aromatic ring is 1. The Morgan fingerprint density at radius 1 is 1.50 bits per heavy atom. The van der Waals surface area contributed by atoms with Crippen molar-refractivity contribution in [1.29, 1.82) is 0 Å². The van der Waals surface area contributed by atoms with Crippen LogP contribution in [0.2, 0.25) is 0 Å². The van der Waals surface area contributed by atoms with Gasteiger partial charge in [-0.2, -0.15) is 0 Å². The molecule has 1 aliphatic rings. The predicted molar refractivity (Wildman–Crippen MR) is 64.8 cm³/mol. The molecule has 0 spiro atoms. The zero-order chi connectivity index (χ0) is 11.8. The molecule has 1 aromatic carbocycles. The molecule has 0 aliphatic carbocycles. The minimum absolute atomic E-state index is 0.0715. The number of carbonyl (C=O) groups is 1. The second-order valence-electron chi connectivity index (χ2n) is 4.49. The lowest BCUT2D eigenvalue weighted by atomic mass is 9.97. The Hall–Kier alpha value is -1.55. The second-order valence-corrected chi connectivity index (χ2v) is 4.49. The molecule has 0 aromatic heterocycles. The third-order valence-corrected chi connectivity index (χ3v) is 3.13. The molecule has 2 rings (SSSR count). The number of benzene rings is 1. The van der Waals surface area contributed by atoms with Crippen LogP contribution in [0.3, 0.4) is 0 Å². The van der Waals surface area contributed by atoms with Crippen LogP contribution in [0.15, 0.2) is 24.3 Å². The van der Waals surface area contributed by atoms with Crippen LogP contribution in [-0.4, -0.2) is 11.4 Å². The number of carbonyl (C=O) groups excluding carboxylic acids is 1. The van der Waals surface area contributed by atoms with E-state index in [1.165, 1.54) is 0 Å². The summed E-state index contributed by atoms with van der Waals surface area (Å²) in [6.07, 6.45) is 1.42. The number of hydrogen-bond acceptors (Lipinski definition) is 3. The fourth-order valence-electron chi connectivity index (χ4n) is 1.87. The highest BCUT2D eigenvalue weighted by Gasteiger charge is 2.38. The number of hydrazine groups is 1. The zero-order valence-electron chi connectivity index (χ0n) is 9.66. The highest BCUT2D eigenvalue weighted by Crippen LogP contribution is 2.30. The van der Waals surface area contributed by atoms with Crippen LogP contribution in [-0.2, 0) is 4.79 Å². The Kier molecular flexibility index (Phi) is 2.59. The fraction of sp³-hybridized carbons (Fsp3) is 0.417. The molecule has 1 amide bonds. The molecule has 3 N–H and O–H groups in total. The van der Waals surface area contributed by atoms with E-state index >= 15 is 0 Å². The minimum atomic E-state index is -0.153. The number of anilines is 2. The summed E-state index contributed by atoms with van der Waals surface area (Å²) in [5.74, 6) is 0.0715. The summed E-state index contributed by atoms with van der Waals surface area (Å²) in [6.45, 7) is 4.11. The van der Waals surface area contributed by atoms with Gasteiger partial charge in [-0.3, -0.25) is 4.79 Å². The lowest BCUT2D eigenvalue weighted by molar-refractivity contribution is -0.117. The van der Waals surface area contributed by atoms with Crippen LogP contribution in [0.5, 0.6) is 0 Å². The SMILES string of the molecule is CCC1(C)CC(=O)N(c2ccccc2N)N1. The molecular weight excluding hydrogens is 202 g/mol. The van der Waals surface area contributed by atoms with E-state index in [-0.39, 0.29) is 11.4 Å². The monoisotopic (exact) mass is 219 g/mol. The number of nitrogens with two attached hydrogens (primary N) is 1. The fourth-order valence-corrected chi connectivity index (χ4v) is 1.87. The van der Waals surface area contributed by atoms with Gasteiger partial charge < -0.3 is 5.73 Å². The summed E-state index contributed by atoms with van der Waals surface area (Å²) in [7, 11) is 0. The lowest BCUT2D eigenvalue weighted by Gasteiger charge is -2.25. The van der Waals surface area contributed by atoms with E-state index in [2.05, 4.69) is 12.3 Å². The van der Waals surface area contributed by atoms with Gasteiger partial charge >= 0.3 is 0 Å². The maximum atomic E-state index is 11.9. The van der Waals surface area contributed by atoms with Gasteiger partial charge in [0.25, 0.3) is 0 Å². The van der Waals surface area contributed by atoms with Gasteiger partial charge in [-0.05, 0) is 25.5 Å². The van der Waals surface area contributed by atoms with Gasteiger partial charge in [-0.15, -0.1) is 0 Å². The lowest BCUT2D eigenvalue weighted by Crippen LogP contribution is -2.44. The minimum Gasteiger partial charge on any atom is -0.397 e. The highest BCUT2D eigenvalue weighted by molar-refractivity contribution is 5.98. The van der Waals surface area contributed by atoms with E-state index in [4.69, 9.17) is 5.73 Å². The van der Waals surface area contributed by atoms with Gasteiger partial charge in [0, 0.05) is 12.0 Å². The van der Waals surface area contributed by atoms with Crippen molar-refractivity contribution in [3.8, 4) is 0 Å². The first-order valence-corrected chi connectivity index (χ1v) is 5.51. The number of para-hydroxylation sites is 2. The van der Waals surface area contributed by atoms with Crippen LogP contribution in [0, 0.1) is 0 Å². The molecule has 86 valence electrons. The first-order valence-electron chi connectivity index (χ1n) is 5.51. The first-order chi connectivity index (χ1) is 7.56. The quantitative estimate of drug-likeness (QED) is 0.744. The Morgan fingerprint density at radius 3 is 2.75 bits per heavy atom.